The number of para-hydroxylation sites is 1. The van der Waals surface area contributed by atoms with Crippen LogP contribution in [0.5, 0.6) is 0 Å². The highest BCUT2D eigenvalue weighted by molar-refractivity contribution is 7.99. The standard InChI is InChI=1S/C14H15N5O2S2/c1-2-7-19-13(21)17-18-14(19)22-8-11(20)16-12-15-9-5-3-4-6-10(9)23-12/h3-6H,2,7-8H2,1H3,(H,17,21)(H,15,16,20). The van der Waals surface area contributed by atoms with Crippen molar-refractivity contribution in [1.82, 2.24) is 19.7 Å². The van der Waals surface area contributed by atoms with Crippen molar-refractivity contribution < 1.29 is 4.79 Å². The lowest BCUT2D eigenvalue weighted by Crippen LogP contribution is -2.18. The van der Waals surface area contributed by atoms with Gasteiger partial charge in [0.25, 0.3) is 0 Å². The summed E-state index contributed by atoms with van der Waals surface area (Å²) in [4.78, 5) is 28.0. The number of hydrogen-bond acceptors (Lipinski definition) is 6. The summed E-state index contributed by atoms with van der Waals surface area (Å²) in [5, 5.41) is 10.2. The molecule has 9 heteroatoms. The average Bonchev–Trinajstić information content (AvgIpc) is 3.09. The monoisotopic (exact) mass is 349 g/mol. The molecule has 1 aromatic carbocycles. The maximum absolute atomic E-state index is 12.0. The van der Waals surface area contributed by atoms with E-state index in [0.717, 1.165) is 16.6 Å². The van der Waals surface area contributed by atoms with E-state index in [4.69, 9.17) is 0 Å². The molecule has 0 radical (unpaired) electrons. The number of hydrogen-bond donors (Lipinski definition) is 2. The third-order valence-corrected chi connectivity index (χ3v) is 4.97. The number of amides is 1. The molecule has 0 aliphatic carbocycles. The van der Waals surface area contributed by atoms with Gasteiger partial charge in [0, 0.05) is 6.54 Å². The van der Waals surface area contributed by atoms with Gasteiger partial charge in [-0.25, -0.2) is 14.9 Å². The average molecular weight is 349 g/mol. The lowest BCUT2D eigenvalue weighted by Gasteiger charge is -2.03. The molecule has 2 N–H and O–H groups in total. The highest BCUT2D eigenvalue weighted by Gasteiger charge is 2.12. The molecular weight excluding hydrogens is 334 g/mol. The minimum absolute atomic E-state index is 0.171. The minimum atomic E-state index is -0.249. The number of aromatic amines is 1. The van der Waals surface area contributed by atoms with Crippen LogP contribution < -0.4 is 11.0 Å². The first-order chi connectivity index (χ1) is 11.2. The lowest BCUT2D eigenvalue weighted by molar-refractivity contribution is -0.113. The Morgan fingerprint density at radius 1 is 1.43 bits per heavy atom. The largest absolute Gasteiger partial charge is 0.343 e. The van der Waals surface area contributed by atoms with E-state index < -0.39 is 0 Å². The third kappa shape index (κ3) is 3.62. The van der Waals surface area contributed by atoms with E-state index in [1.807, 2.05) is 31.2 Å². The summed E-state index contributed by atoms with van der Waals surface area (Å²) >= 11 is 2.66. The van der Waals surface area contributed by atoms with Crippen LogP contribution in [-0.4, -0.2) is 31.4 Å². The van der Waals surface area contributed by atoms with E-state index in [1.165, 1.54) is 27.7 Å². The number of H-pyrrole nitrogens is 1. The quantitative estimate of drug-likeness (QED) is 0.666. The molecule has 0 aliphatic rings. The topological polar surface area (TPSA) is 92.7 Å². The van der Waals surface area contributed by atoms with Crippen LogP contribution in [0.2, 0.25) is 0 Å². The number of thioether (sulfide) groups is 1. The van der Waals surface area contributed by atoms with Crippen LogP contribution in [0.4, 0.5) is 5.13 Å². The van der Waals surface area contributed by atoms with E-state index >= 15 is 0 Å². The van der Waals surface area contributed by atoms with E-state index in [2.05, 4.69) is 20.5 Å². The summed E-state index contributed by atoms with van der Waals surface area (Å²) in [5.41, 5.74) is 0.616. The molecule has 3 aromatic rings. The Morgan fingerprint density at radius 2 is 2.26 bits per heavy atom. The van der Waals surface area contributed by atoms with Crippen molar-refractivity contribution in [2.45, 2.75) is 25.0 Å². The van der Waals surface area contributed by atoms with E-state index in [-0.39, 0.29) is 17.3 Å². The van der Waals surface area contributed by atoms with Gasteiger partial charge in [-0.15, -0.1) is 5.10 Å². The number of nitrogens with zero attached hydrogens (tertiary/aromatic N) is 3. The van der Waals surface area contributed by atoms with Gasteiger partial charge in [-0.05, 0) is 18.6 Å². The Hall–Kier alpha value is -2.13. The molecular formula is C14H15N5O2S2. The summed E-state index contributed by atoms with van der Waals surface area (Å²) in [6.45, 7) is 2.56. The van der Waals surface area contributed by atoms with Gasteiger partial charge in [-0.2, -0.15) is 0 Å². The van der Waals surface area contributed by atoms with Crippen molar-refractivity contribution >= 4 is 44.4 Å². The van der Waals surface area contributed by atoms with Crippen LogP contribution >= 0.6 is 23.1 Å². The van der Waals surface area contributed by atoms with Gasteiger partial charge in [0.15, 0.2) is 10.3 Å². The minimum Gasteiger partial charge on any atom is -0.301 e. The van der Waals surface area contributed by atoms with Crippen molar-refractivity contribution in [2.75, 3.05) is 11.1 Å². The summed E-state index contributed by atoms with van der Waals surface area (Å²) in [7, 11) is 0. The summed E-state index contributed by atoms with van der Waals surface area (Å²) in [6.07, 6.45) is 0.824. The van der Waals surface area contributed by atoms with Crippen LogP contribution in [0.15, 0.2) is 34.2 Å². The highest BCUT2D eigenvalue weighted by atomic mass is 32.2. The molecule has 0 bridgehead atoms. The molecule has 1 amide bonds. The molecule has 23 heavy (non-hydrogen) atoms. The maximum atomic E-state index is 12.0. The van der Waals surface area contributed by atoms with Crippen LogP contribution in [0.1, 0.15) is 13.3 Å². The van der Waals surface area contributed by atoms with Crippen LogP contribution in [0.3, 0.4) is 0 Å². The SMILES string of the molecule is CCCn1c(SCC(=O)Nc2nc3ccccc3s2)n[nH]c1=O. The fourth-order valence-electron chi connectivity index (χ4n) is 2.05. The van der Waals surface area contributed by atoms with Gasteiger partial charge in [-0.1, -0.05) is 42.2 Å². The van der Waals surface area contributed by atoms with Gasteiger partial charge >= 0.3 is 5.69 Å². The number of rotatable bonds is 6. The summed E-state index contributed by atoms with van der Waals surface area (Å²) in [6, 6.07) is 7.72. The Morgan fingerprint density at radius 3 is 3.04 bits per heavy atom. The number of carbonyl (C=O) groups is 1. The normalized spacial score (nSPS) is 11.0. The number of benzene rings is 1. The first-order valence-corrected chi connectivity index (χ1v) is 8.91. The number of nitrogens with one attached hydrogen (secondary N) is 2. The number of anilines is 1. The molecule has 0 aliphatic heterocycles. The van der Waals surface area contributed by atoms with E-state index in [0.29, 0.717) is 16.8 Å². The van der Waals surface area contributed by atoms with Gasteiger partial charge in [0.2, 0.25) is 5.91 Å². The second-order valence-electron chi connectivity index (χ2n) is 4.79. The van der Waals surface area contributed by atoms with Gasteiger partial charge in [-0.3, -0.25) is 9.36 Å². The van der Waals surface area contributed by atoms with Crippen molar-refractivity contribution in [3.63, 3.8) is 0 Å². The Bertz CT molecular complexity index is 850. The molecule has 0 saturated heterocycles. The van der Waals surface area contributed by atoms with Gasteiger partial charge in [0.05, 0.1) is 16.0 Å². The van der Waals surface area contributed by atoms with Crippen LogP contribution in [0, 0.1) is 0 Å². The van der Waals surface area contributed by atoms with Crippen molar-refractivity contribution in [2.24, 2.45) is 0 Å². The predicted molar refractivity (Wildman–Crippen MR) is 92.1 cm³/mol. The molecule has 2 aromatic heterocycles. The maximum Gasteiger partial charge on any atom is 0.343 e. The first kappa shape index (κ1) is 15.8. The van der Waals surface area contributed by atoms with E-state index in [1.54, 1.807) is 0 Å². The Kier molecular flexibility index (Phi) is 4.77. The molecule has 0 spiro atoms. The van der Waals surface area contributed by atoms with Crippen molar-refractivity contribution in [3.05, 3.63) is 34.7 Å². The van der Waals surface area contributed by atoms with Crippen molar-refractivity contribution in [1.29, 1.82) is 0 Å². The highest BCUT2D eigenvalue weighted by Crippen LogP contribution is 2.25. The Balaban J connectivity index is 1.62. The number of thiazole rings is 1. The zero-order chi connectivity index (χ0) is 16.2. The zero-order valence-electron chi connectivity index (χ0n) is 12.4. The molecule has 0 fully saturated rings. The number of fused-ring (bicyclic) bond motifs is 1. The molecule has 3 rings (SSSR count). The van der Waals surface area contributed by atoms with Gasteiger partial charge < -0.3 is 5.32 Å². The first-order valence-electron chi connectivity index (χ1n) is 7.11. The van der Waals surface area contributed by atoms with Crippen LogP contribution in [-0.2, 0) is 11.3 Å². The van der Waals surface area contributed by atoms with Gasteiger partial charge in [0.1, 0.15) is 0 Å². The smallest absolute Gasteiger partial charge is 0.301 e. The lowest BCUT2D eigenvalue weighted by atomic mass is 10.3. The van der Waals surface area contributed by atoms with Crippen molar-refractivity contribution in [3.8, 4) is 0 Å². The molecule has 120 valence electrons. The predicted octanol–water partition coefficient (Wildman–Crippen LogP) is 2.32. The number of carbonyl (C=O) groups excluding carboxylic acids is 1. The zero-order valence-corrected chi connectivity index (χ0v) is 14.0. The summed E-state index contributed by atoms with van der Waals surface area (Å²) in [5.74, 6) is -0.00299. The second-order valence-corrected chi connectivity index (χ2v) is 6.76. The molecule has 0 atom stereocenters. The molecule has 7 nitrogen and oxygen atoms in total. The molecule has 2 heterocycles. The summed E-state index contributed by atoms with van der Waals surface area (Å²) < 4.78 is 2.56. The fourth-order valence-corrected chi connectivity index (χ4v) is 3.70. The van der Waals surface area contributed by atoms with Crippen LogP contribution in [0.25, 0.3) is 10.2 Å². The Labute approximate surface area is 140 Å². The number of aromatic nitrogens is 4. The second kappa shape index (κ2) is 6.97. The molecule has 0 unspecified atom stereocenters. The third-order valence-electron chi connectivity index (χ3n) is 3.04. The molecule has 0 saturated carbocycles. The van der Waals surface area contributed by atoms with E-state index in [9.17, 15) is 9.59 Å². The fraction of sp³-hybridized carbons (Fsp3) is 0.286.